The topological polar surface area (TPSA) is 158 Å². The van der Waals surface area contributed by atoms with Crippen molar-refractivity contribution in [1.29, 1.82) is 0 Å². The van der Waals surface area contributed by atoms with Crippen molar-refractivity contribution < 1.29 is 31.2 Å². The van der Waals surface area contributed by atoms with Crippen molar-refractivity contribution in [2.75, 3.05) is 14.2 Å². The van der Waals surface area contributed by atoms with Gasteiger partial charge in [0.25, 0.3) is 5.91 Å². The number of nitrogens with two attached hydrogens (primary N) is 1. The molecule has 0 radical (unpaired) electrons. The minimum atomic E-state index is -3.96. The zero-order valence-corrected chi connectivity index (χ0v) is 21.2. The van der Waals surface area contributed by atoms with E-state index in [1.165, 1.54) is 65.5 Å². The Bertz CT molecular complexity index is 1600. The summed E-state index contributed by atoms with van der Waals surface area (Å²) < 4.78 is 56.7. The van der Waals surface area contributed by atoms with Crippen LogP contribution in [0.15, 0.2) is 57.2 Å². The van der Waals surface area contributed by atoms with Crippen LogP contribution in [-0.4, -0.2) is 57.8 Å². The average Bonchev–Trinajstić information content (AvgIpc) is 3.61. The first-order valence-corrected chi connectivity index (χ1v) is 14.1. The molecule has 11 nitrogen and oxygen atoms in total. The van der Waals surface area contributed by atoms with Crippen molar-refractivity contribution >= 4 is 53.5 Å². The lowest BCUT2D eigenvalue weighted by atomic mass is 10.2. The van der Waals surface area contributed by atoms with E-state index < -0.39 is 31.9 Å². The van der Waals surface area contributed by atoms with Crippen LogP contribution < -0.4 is 9.94 Å². The normalized spacial score (nSPS) is 15.0. The molecule has 35 heavy (non-hydrogen) atoms. The fourth-order valence-corrected chi connectivity index (χ4v) is 6.48. The molecule has 1 aromatic heterocycles. The molecule has 2 N–H and O–H groups in total. The minimum absolute atomic E-state index is 0.00398. The van der Waals surface area contributed by atoms with Gasteiger partial charge < -0.3 is 9.30 Å². The summed E-state index contributed by atoms with van der Waals surface area (Å²) in [7, 11) is -4.87. The molecule has 1 amide bonds. The van der Waals surface area contributed by atoms with E-state index in [-0.39, 0.29) is 32.7 Å². The number of carbonyl (C=O) groups is 2. The molecule has 1 aliphatic rings. The number of esters is 1. The Morgan fingerprint density at radius 3 is 2.31 bits per heavy atom. The van der Waals surface area contributed by atoms with Gasteiger partial charge in [0.05, 0.1) is 27.1 Å². The summed E-state index contributed by atoms with van der Waals surface area (Å²) in [5.41, 5.74) is 0.606. The molecule has 0 spiro atoms. The van der Waals surface area contributed by atoms with E-state index in [1.807, 2.05) is 0 Å². The van der Waals surface area contributed by atoms with Gasteiger partial charge in [-0.15, -0.1) is 0 Å². The Morgan fingerprint density at radius 1 is 1.11 bits per heavy atom. The SMILES string of the molecule is COC(=O)Cn1c(=NC(=O)c2ccc(S(=O)(=O)N(C)C3CC3)cc2)sc2cc(S(N)(=O)=O)ccc21. The molecule has 186 valence electrons. The highest BCUT2D eigenvalue weighted by Crippen LogP contribution is 2.30. The van der Waals surface area contributed by atoms with Crippen LogP contribution in [0.2, 0.25) is 0 Å². The summed E-state index contributed by atoms with van der Waals surface area (Å²) in [4.78, 5) is 29.0. The molecule has 2 aromatic carbocycles. The third-order valence-electron chi connectivity index (χ3n) is 5.53. The van der Waals surface area contributed by atoms with E-state index >= 15 is 0 Å². The Kier molecular flexibility index (Phi) is 6.68. The highest BCUT2D eigenvalue weighted by atomic mass is 32.2. The molecule has 0 unspecified atom stereocenters. The predicted octanol–water partition coefficient (Wildman–Crippen LogP) is 1.05. The Balaban J connectivity index is 1.73. The summed E-state index contributed by atoms with van der Waals surface area (Å²) in [5.74, 6) is -1.26. The smallest absolute Gasteiger partial charge is 0.325 e. The molecule has 0 saturated heterocycles. The molecular weight excluding hydrogens is 516 g/mol. The van der Waals surface area contributed by atoms with Crippen LogP contribution in [0.4, 0.5) is 0 Å². The van der Waals surface area contributed by atoms with Crippen LogP contribution in [0.1, 0.15) is 23.2 Å². The summed E-state index contributed by atoms with van der Waals surface area (Å²) in [5, 5.41) is 5.21. The lowest BCUT2D eigenvalue weighted by Gasteiger charge is -2.16. The van der Waals surface area contributed by atoms with Crippen molar-refractivity contribution in [3.8, 4) is 0 Å². The molecule has 0 atom stereocenters. The number of nitrogens with zero attached hydrogens (tertiary/aromatic N) is 3. The van der Waals surface area contributed by atoms with Gasteiger partial charge >= 0.3 is 5.97 Å². The number of rotatable bonds is 7. The number of ether oxygens (including phenoxy) is 1. The molecular formula is C21H22N4O7S3. The van der Waals surface area contributed by atoms with Gasteiger partial charge in [-0.05, 0) is 55.3 Å². The number of aromatic nitrogens is 1. The number of primary sulfonamides is 1. The van der Waals surface area contributed by atoms with Crippen LogP contribution in [0.5, 0.6) is 0 Å². The van der Waals surface area contributed by atoms with Crippen molar-refractivity contribution in [3.63, 3.8) is 0 Å². The number of amides is 1. The van der Waals surface area contributed by atoms with Crippen molar-refractivity contribution in [2.45, 2.75) is 35.2 Å². The van der Waals surface area contributed by atoms with Gasteiger partial charge in [0.15, 0.2) is 4.80 Å². The molecule has 1 aliphatic carbocycles. The average molecular weight is 539 g/mol. The standard InChI is InChI=1S/C21H22N4O7S3/c1-24(14-5-6-14)35(30,31)15-7-3-13(4-8-15)20(27)23-21-25(12-19(26)32-2)17-10-9-16(34(22,28)29)11-18(17)33-21/h3-4,7-11,14H,5-6,12H2,1-2H3,(H2,22,28,29). The zero-order valence-electron chi connectivity index (χ0n) is 18.7. The molecule has 1 fully saturated rings. The number of fused-ring (bicyclic) bond motifs is 1. The van der Waals surface area contributed by atoms with E-state index in [9.17, 15) is 26.4 Å². The zero-order chi connectivity index (χ0) is 25.5. The van der Waals surface area contributed by atoms with Gasteiger partial charge in [-0.1, -0.05) is 11.3 Å². The quantitative estimate of drug-likeness (QED) is 0.440. The maximum absolute atomic E-state index is 12.9. The second-order valence-corrected chi connectivity index (χ2v) is 12.5. The van der Waals surface area contributed by atoms with Crippen LogP contribution in [0.25, 0.3) is 10.2 Å². The third-order valence-corrected chi connectivity index (χ3v) is 9.41. The second kappa shape index (κ2) is 9.28. The number of hydrogen-bond acceptors (Lipinski definition) is 8. The predicted molar refractivity (Wildman–Crippen MR) is 128 cm³/mol. The van der Waals surface area contributed by atoms with Gasteiger partial charge in [0.1, 0.15) is 6.54 Å². The van der Waals surface area contributed by atoms with E-state index in [0.717, 1.165) is 24.2 Å². The van der Waals surface area contributed by atoms with Crippen LogP contribution >= 0.6 is 11.3 Å². The van der Waals surface area contributed by atoms with Gasteiger partial charge in [0.2, 0.25) is 20.0 Å². The van der Waals surface area contributed by atoms with Gasteiger partial charge in [-0.25, -0.2) is 22.0 Å². The maximum atomic E-state index is 12.9. The third kappa shape index (κ3) is 5.21. The van der Waals surface area contributed by atoms with E-state index in [4.69, 9.17) is 9.88 Å². The first-order valence-electron chi connectivity index (χ1n) is 10.3. The highest BCUT2D eigenvalue weighted by molar-refractivity contribution is 7.89. The van der Waals surface area contributed by atoms with Gasteiger partial charge in [-0.3, -0.25) is 9.59 Å². The Hall–Kier alpha value is -2.91. The lowest BCUT2D eigenvalue weighted by Crippen LogP contribution is -2.28. The van der Waals surface area contributed by atoms with E-state index in [0.29, 0.717) is 10.2 Å². The minimum Gasteiger partial charge on any atom is -0.468 e. The van der Waals surface area contributed by atoms with Gasteiger partial charge in [-0.2, -0.15) is 9.30 Å². The number of methoxy groups -OCH3 is 1. The van der Waals surface area contributed by atoms with E-state index in [1.54, 1.807) is 0 Å². The Morgan fingerprint density at radius 2 is 1.74 bits per heavy atom. The Labute approximate surface area is 205 Å². The van der Waals surface area contributed by atoms with Crippen LogP contribution in [-0.2, 0) is 36.1 Å². The van der Waals surface area contributed by atoms with Crippen LogP contribution in [0.3, 0.4) is 0 Å². The largest absolute Gasteiger partial charge is 0.468 e. The lowest BCUT2D eigenvalue weighted by molar-refractivity contribution is -0.141. The van der Waals surface area contributed by atoms with Crippen molar-refractivity contribution in [2.24, 2.45) is 10.1 Å². The molecule has 4 rings (SSSR count). The fourth-order valence-electron chi connectivity index (χ4n) is 3.38. The van der Waals surface area contributed by atoms with Crippen molar-refractivity contribution in [1.82, 2.24) is 8.87 Å². The number of sulfonamides is 2. The maximum Gasteiger partial charge on any atom is 0.325 e. The van der Waals surface area contributed by atoms with Gasteiger partial charge in [0, 0.05) is 18.7 Å². The first kappa shape index (κ1) is 25.2. The molecule has 0 aliphatic heterocycles. The number of benzene rings is 2. The number of thiazole rings is 1. The summed E-state index contributed by atoms with van der Waals surface area (Å²) >= 11 is 0.996. The molecule has 0 bridgehead atoms. The second-order valence-electron chi connectivity index (χ2n) is 7.92. The molecule has 3 aromatic rings. The summed E-state index contributed by atoms with van der Waals surface area (Å²) in [6.45, 7) is -0.262. The fraction of sp³-hybridized carbons (Fsp3) is 0.286. The summed E-state index contributed by atoms with van der Waals surface area (Å²) in [6, 6.07) is 9.54. The van der Waals surface area contributed by atoms with Crippen LogP contribution in [0, 0.1) is 0 Å². The molecule has 1 saturated carbocycles. The monoisotopic (exact) mass is 538 g/mol. The first-order chi connectivity index (χ1) is 16.4. The highest BCUT2D eigenvalue weighted by Gasteiger charge is 2.35. The van der Waals surface area contributed by atoms with Crippen molar-refractivity contribution in [3.05, 3.63) is 52.8 Å². The number of hydrogen-bond donors (Lipinski definition) is 1. The molecule has 14 heteroatoms. The van der Waals surface area contributed by atoms with E-state index in [2.05, 4.69) is 4.99 Å². The summed E-state index contributed by atoms with van der Waals surface area (Å²) in [6.07, 6.45) is 1.65. The molecule has 1 heterocycles. The number of carbonyl (C=O) groups excluding carboxylic acids is 2.